The molecule has 0 aliphatic heterocycles. The molecule has 0 amide bonds. The molecule has 6 heteroatoms. The SMILES string of the molecule is NNC(Cc1nc2ccccc2s1)c1sccc1Cl. The second-order valence-corrected chi connectivity index (χ2v) is 6.60. The van der Waals surface area contributed by atoms with Crippen LogP contribution >= 0.6 is 34.3 Å². The molecule has 0 aliphatic carbocycles. The zero-order valence-electron chi connectivity index (χ0n) is 9.97. The Kier molecular flexibility index (Phi) is 3.81. The van der Waals surface area contributed by atoms with Crippen molar-refractivity contribution in [3.05, 3.63) is 50.6 Å². The second kappa shape index (κ2) is 5.56. The van der Waals surface area contributed by atoms with Crippen LogP contribution in [0.15, 0.2) is 35.7 Å². The summed E-state index contributed by atoms with van der Waals surface area (Å²) >= 11 is 9.47. The molecule has 1 aromatic carbocycles. The molecule has 98 valence electrons. The number of thiazole rings is 1. The zero-order chi connectivity index (χ0) is 13.2. The van der Waals surface area contributed by atoms with Gasteiger partial charge in [-0.2, -0.15) is 0 Å². The van der Waals surface area contributed by atoms with Crippen molar-refractivity contribution >= 4 is 44.5 Å². The molecule has 3 nitrogen and oxygen atoms in total. The molecule has 0 radical (unpaired) electrons. The van der Waals surface area contributed by atoms with E-state index in [1.54, 1.807) is 22.7 Å². The number of rotatable bonds is 4. The van der Waals surface area contributed by atoms with E-state index in [0.717, 1.165) is 26.8 Å². The molecule has 3 N–H and O–H groups in total. The highest BCUT2D eigenvalue weighted by atomic mass is 35.5. The lowest BCUT2D eigenvalue weighted by Crippen LogP contribution is -2.29. The molecule has 19 heavy (non-hydrogen) atoms. The van der Waals surface area contributed by atoms with Crippen molar-refractivity contribution in [2.24, 2.45) is 5.84 Å². The van der Waals surface area contributed by atoms with Crippen LogP contribution in [0.1, 0.15) is 15.9 Å². The minimum absolute atomic E-state index is 0.00747. The normalized spacial score (nSPS) is 12.9. The predicted molar refractivity (Wildman–Crippen MR) is 82.7 cm³/mol. The Morgan fingerprint density at radius 2 is 2.16 bits per heavy atom. The Labute approximate surface area is 124 Å². The van der Waals surface area contributed by atoms with E-state index < -0.39 is 0 Å². The lowest BCUT2D eigenvalue weighted by Gasteiger charge is -2.13. The largest absolute Gasteiger partial charge is 0.271 e. The first-order valence-corrected chi connectivity index (χ1v) is 7.89. The number of benzene rings is 1. The quantitative estimate of drug-likeness (QED) is 0.570. The highest BCUT2D eigenvalue weighted by Crippen LogP contribution is 2.32. The van der Waals surface area contributed by atoms with Gasteiger partial charge in [0.05, 0.1) is 26.3 Å². The minimum Gasteiger partial charge on any atom is -0.271 e. The third-order valence-corrected chi connectivity index (χ3v) is 5.41. The smallest absolute Gasteiger partial charge is 0.0958 e. The summed E-state index contributed by atoms with van der Waals surface area (Å²) in [6.45, 7) is 0. The van der Waals surface area contributed by atoms with Crippen LogP contribution in [-0.4, -0.2) is 4.98 Å². The number of hydrazine groups is 1. The van der Waals surface area contributed by atoms with Gasteiger partial charge in [-0.05, 0) is 23.6 Å². The Hall–Kier alpha value is -0.980. The van der Waals surface area contributed by atoms with E-state index in [4.69, 9.17) is 17.4 Å². The maximum absolute atomic E-state index is 6.16. The Morgan fingerprint density at radius 3 is 2.84 bits per heavy atom. The van der Waals surface area contributed by atoms with Crippen LogP contribution in [0, 0.1) is 0 Å². The molecular formula is C13H12ClN3S2. The van der Waals surface area contributed by atoms with Crippen molar-refractivity contribution in [1.29, 1.82) is 0 Å². The molecule has 0 saturated carbocycles. The van der Waals surface area contributed by atoms with E-state index in [1.807, 2.05) is 29.6 Å². The average molecular weight is 310 g/mol. The Morgan fingerprint density at radius 1 is 1.32 bits per heavy atom. The van der Waals surface area contributed by atoms with Crippen LogP contribution in [0.5, 0.6) is 0 Å². The standard InChI is InChI=1S/C13H12ClN3S2/c14-8-5-6-18-13(8)10(17-15)7-12-16-9-3-1-2-4-11(9)19-12/h1-6,10,17H,7,15H2. The number of fused-ring (bicyclic) bond motifs is 1. The summed E-state index contributed by atoms with van der Waals surface area (Å²) in [7, 11) is 0. The van der Waals surface area contributed by atoms with Crippen molar-refractivity contribution in [3.63, 3.8) is 0 Å². The van der Waals surface area contributed by atoms with Gasteiger partial charge >= 0.3 is 0 Å². The molecule has 3 aromatic rings. The van der Waals surface area contributed by atoms with Crippen LogP contribution in [-0.2, 0) is 6.42 Å². The third kappa shape index (κ3) is 2.66. The zero-order valence-corrected chi connectivity index (χ0v) is 12.4. The summed E-state index contributed by atoms with van der Waals surface area (Å²) in [6.07, 6.45) is 0.746. The monoisotopic (exact) mass is 309 g/mol. The topological polar surface area (TPSA) is 50.9 Å². The number of halogens is 1. The van der Waals surface area contributed by atoms with Gasteiger partial charge in [0.2, 0.25) is 0 Å². The van der Waals surface area contributed by atoms with Gasteiger partial charge in [0, 0.05) is 11.3 Å². The van der Waals surface area contributed by atoms with Crippen molar-refractivity contribution in [3.8, 4) is 0 Å². The van der Waals surface area contributed by atoms with Gasteiger partial charge in [0.25, 0.3) is 0 Å². The van der Waals surface area contributed by atoms with Gasteiger partial charge in [-0.1, -0.05) is 23.7 Å². The van der Waals surface area contributed by atoms with Crippen LogP contribution in [0.25, 0.3) is 10.2 Å². The van der Waals surface area contributed by atoms with Crippen LogP contribution in [0.3, 0.4) is 0 Å². The summed E-state index contributed by atoms with van der Waals surface area (Å²) in [5.41, 5.74) is 3.87. The van der Waals surface area contributed by atoms with Crippen LogP contribution in [0.2, 0.25) is 5.02 Å². The molecule has 0 aliphatic rings. The van der Waals surface area contributed by atoms with Crippen molar-refractivity contribution in [2.45, 2.75) is 12.5 Å². The molecule has 2 aromatic heterocycles. The number of para-hydroxylation sites is 1. The highest BCUT2D eigenvalue weighted by molar-refractivity contribution is 7.18. The number of nitrogens with two attached hydrogens (primary N) is 1. The van der Waals surface area contributed by atoms with E-state index in [9.17, 15) is 0 Å². The third-order valence-electron chi connectivity index (χ3n) is 2.88. The molecule has 0 spiro atoms. The lowest BCUT2D eigenvalue weighted by molar-refractivity contribution is 0.560. The fraction of sp³-hybridized carbons (Fsp3) is 0.154. The maximum Gasteiger partial charge on any atom is 0.0958 e. The van der Waals surface area contributed by atoms with E-state index in [1.165, 1.54) is 4.70 Å². The van der Waals surface area contributed by atoms with Crippen molar-refractivity contribution in [2.75, 3.05) is 0 Å². The number of aromatic nitrogens is 1. The molecule has 1 atom stereocenters. The van der Waals surface area contributed by atoms with E-state index in [0.29, 0.717) is 0 Å². The van der Waals surface area contributed by atoms with Crippen molar-refractivity contribution in [1.82, 2.24) is 10.4 Å². The summed E-state index contributed by atoms with van der Waals surface area (Å²) in [5.74, 6) is 5.65. The number of thiophene rings is 1. The molecule has 1 unspecified atom stereocenters. The van der Waals surface area contributed by atoms with Gasteiger partial charge in [0.1, 0.15) is 0 Å². The van der Waals surface area contributed by atoms with Gasteiger partial charge in [-0.25, -0.2) is 4.98 Å². The number of nitrogens with one attached hydrogen (secondary N) is 1. The van der Waals surface area contributed by atoms with Crippen LogP contribution in [0.4, 0.5) is 0 Å². The molecular weight excluding hydrogens is 298 g/mol. The first-order valence-electron chi connectivity index (χ1n) is 5.81. The van der Waals surface area contributed by atoms with Crippen LogP contribution < -0.4 is 11.3 Å². The molecule has 2 heterocycles. The first kappa shape index (κ1) is 13.0. The van der Waals surface area contributed by atoms with E-state index >= 15 is 0 Å². The summed E-state index contributed by atoms with van der Waals surface area (Å²) < 4.78 is 1.20. The van der Waals surface area contributed by atoms with E-state index in [2.05, 4.69) is 16.5 Å². The molecule has 0 fully saturated rings. The first-order chi connectivity index (χ1) is 9.28. The lowest BCUT2D eigenvalue weighted by atomic mass is 10.2. The van der Waals surface area contributed by atoms with Gasteiger partial charge in [-0.3, -0.25) is 11.3 Å². The number of nitrogens with zero attached hydrogens (tertiary/aromatic N) is 1. The van der Waals surface area contributed by atoms with Gasteiger partial charge in [0.15, 0.2) is 0 Å². The molecule has 3 rings (SSSR count). The van der Waals surface area contributed by atoms with Gasteiger partial charge < -0.3 is 0 Å². The maximum atomic E-state index is 6.16. The number of hydrogen-bond donors (Lipinski definition) is 2. The van der Waals surface area contributed by atoms with Gasteiger partial charge in [-0.15, -0.1) is 22.7 Å². The second-order valence-electron chi connectivity index (χ2n) is 4.13. The number of hydrogen-bond acceptors (Lipinski definition) is 5. The van der Waals surface area contributed by atoms with E-state index in [-0.39, 0.29) is 6.04 Å². The predicted octanol–water partition coefficient (Wildman–Crippen LogP) is 3.76. The average Bonchev–Trinajstić information content (AvgIpc) is 3.01. The summed E-state index contributed by atoms with van der Waals surface area (Å²) in [5, 5.41) is 3.79. The summed E-state index contributed by atoms with van der Waals surface area (Å²) in [6, 6.07) is 10.0. The fourth-order valence-corrected chi connectivity index (χ4v) is 4.23. The molecule has 0 bridgehead atoms. The molecule has 0 saturated heterocycles. The van der Waals surface area contributed by atoms with Crippen molar-refractivity contribution < 1.29 is 0 Å². The Balaban J connectivity index is 1.88. The fourth-order valence-electron chi connectivity index (χ4n) is 1.96. The summed E-state index contributed by atoms with van der Waals surface area (Å²) in [4.78, 5) is 5.68. The Bertz CT molecular complexity index is 659. The minimum atomic E-state index is 0.00747. The highest BCUT2D eigenvalue weighted by Gasteiger charge is 2.17.